The van der Waals surface area contributed by atoms with Crippen molar-refractivity contribution < 1.29 is 22.8 Å². The van der Waals surface area contributed by atoms with Gasteiger partial charge >= 0.3 is 0 Å². The number of benzene rings is 2. The minimum Gasteiger partial charge on any atom is -0.273 e. The second kappa shape index (κ2) is 9.24. The molecule has 10 heteroatoms. The van der Waals surface area contributed by atoms with Gasteiger partial charge in [-0.05, 0) is 44.0 Å². The van der Waals surface area contributed by atoms with E-state index in [9.17, 15) is 22.8 Å². The average Bonchev–Trinajstić information content (AvgIpc) is 3.08. The number of hydrogen-bond acceptors (Lipinski definition) is 6. The molecule has 2 aliphatic rings. The van der Waals surface area contributed by atoms with E-state index >= 15 is 0 Å². The van der Waals surface area contributed by atoms with Crippen LogP contribution in [0.15, 0.2) is 64.6 Å². The lowest BCUT2D eigenvalue weighted by Crippen LogP contribution is -2.42. The highest BCUT2D eigenvalue weighted by Gasteiger charge is 2.35. The lowest BCUT2D eigenvalue weighted by Gasteiger charge is -2.30. The molecule has 1 N–H and O–H groups in total. The Morgan fingerprint density at radius 3 is 2.09 bits per heavy atom. The van der Waals surface area contributed by atoms with Gasteiger partial charge in [0.25, 0.3) is 11.8 Å². The van der Waals surface area contributed by atoms with Crippen molar-refractivity contribution >= 4 is 33.5 Å². The van der Waals surface area contributed by atoms with Gasteiger partial charge in [-0.1, -0.05) is 30.3 Å². The minimum atomic E-state index is -3.58. The molecular weight excluding hydrogens is 444 g/mol. The highest BCUT2D eigenvalue weighted by Crippen LogP contribution is 2.24. The van der Waals surface area contributed by atoms with Gasteiger partial charge in [-0.25, -0.2) is 13.8 Å². The molecule has 172 valence electrons. The van der Waals surface area contributed by atoms with Crippen molar-refractivity contribution in [3.05, 3.63) is 65.7 Å². The summed E-state index contributed by atoms with van der Waals surface area (Å²) in [5.41, 5.74) is 3.61. The Kier molecular flexibility index (Phi) is 6.39. The molecule has 33 heavy (non-hydrogen) atoms. The molecule has 0 aliphatic carbocycles. The lowest BCUT2D eigenvalue weighted by molar-refractivity contribution is -0.126. The first-order valence-corrected chi connectivity index (χ1v) is 12.1. The van der Waals surface area contributed by atoms with Crippen molar-refractivity contribution in [2.75, 3.05) is 19.6 Å². The number of sulfonamides is 1. The van der Waals surface area contributed by atoms with Crippen LogP contribution in [0.3, 0.4) is 0 Å². The number of fused-ring (bicyclic) bond motifs is 1. The van der Waals surface area contributed by atoms with Gasteiger partial charge in [0.05, 0.1) is 28.3 Å². The molecule has 0 radical (unpaired) electrons. The Morgan fingerprint density at radius 2 is 1.52 bits per heavy atom. The van der Waals surface area contributed by atoms with Gasteiger partial charge in [0.15, 0.2) is 0 Å². The second-order valence-corrected chi connectivity index (χ2v) is 9.99. The van der Waals surface area contributed by atoms with E-state index in [0.29, 0.717) is 29.7 Å². The van der Waals surface area contributed by atoms with Gasteiger partial charge in [0.1, 0.15) is 0 Å². The zero-order valence-corrected chi connectivity index (χ0v) is 18.9. The predicted molar refractivity (Wildman–Crippen MR) is 121 cm³/mol. The highest BCUT2D eigenvalue weighted by atomic mass is 32.2. The molecule has 2 heterocycles. The Balaban J connectivity index is 1.31. The van der Waals surface area contributed by atoms with E-state index in [0.717, 1.165) is 4.90 Å². The fourth-order valence-electron chi connectivity index (χ4n) is 3.99. The zero-order chi connectivity index (χ0) is 23.6. The normalized spacial score (nSPS) is 17.8. The van der Waals surface area contributed by atoms with Gasteiger partial charge in [-0.15, -0.1) is 0 Å². The minimum absolute atomic E-state index is 0.0274. The van der Waals surface area contributed by atoms with Crippen molar-refractivity contribution in [1.29, 1.82) is 0 Å². The molecule has 9 nitrogen and oxygen atoms in total. The Morgan fingerprint density at radius 1 is 0.970 bits per heavy atom. The van der Waals surface area contributed by atoms with Gasteiger partial charge in [0, 0.05) is 19.0 Å². The topological polar surface area (TPSA) is 116 Å². The Labute approximate surface area is 192 Å². The van der Waals surface area contributed by atoms with E-state index < -0.39 is 10.0 Å². The van der Waals surface area contributed by atoms with E-state index in [-0.39, 0.29) is 48.2 Å². The third-order valence-electron chi connectivity index (χ3n) is 5.83. The number of hydrogen-bond donors (Lipinski definition) is 1. The molecule has 0 spiro atoms. The first-order valence-electron chi connectivity index (χ1n) is 10.6. The molecule has 3 amide bonds. The SMILES string of the molecule is C/C(CN1C(=O)c2ccccc2C1=O)=N\NC(=O)C1CCN(S(=O)(=O)c2ccccc2)CC1. The van der Waals surface area contributed by atoms with Crippen LogP contribution in [0, 0.1) is 5.92 Å². The smallest absolute Gasteiger partial charge is 0.261 e. The standard InChI is InChI=1S/C23H24N4O5S/c1-16(15-27-22(29)19-9-5-6-10-20(19)23(27)30)24-25-21(28)17-11-13-26(14-12-17)33(31,32)18-7-3-2-4-8-18/h2-10,17H,11-15H2,1H3,(H,25,28)/b24-16+. The molecule has 0 bridgehead atoms. The summed E-state index contributed by atoms with van der Waals surface area (Å²) >= 11 is 0. The van der Waals surface area contributed by atoms with Crippen LogP contribution in [0.25, 0.3) is 0 Å². The fraction of sp³-hybridized carbons (Fsp3) is 0.304. The molecule has 2 aromatic carbocycles. The van der Waals surface area contributed by atoms with Crippen molar-refractivity contribution in [3.63, 3.8) is 0 Å². The van der Waals surface area contributed by atoms with Gasteiger partial charge < -0.3 is 0 Å². The quantitative estimate of drug-likeness (QED) is 0.395. The van der Waals surface area contributed by atoms with Crippen molar-refractivity contribution in [1.82, 2.24) is 14.6 Å². The predicted octanol–water partition coefficient (Wildman–Crippen LogP) is 1.88. The van der Waals surface area contributed by atoms with Gasteiger partial charge in [-0.3, -0.25) is 19.3 Å². The summed E-state index contributed by atoms with van der Waals surface area (Å²) in [4.78, 5) is 38.8. The summed E-state index contributed by atoms with van der Waals surface area (Å²) in [5, 5.41) is 4.05. The van der Waals surface area contributed by atoms with Gasteiger partial charge in [-0.2, -0.15) is 9.41 Å². The number of amides is 3. The van der Waals surface area contributed by atoms with Crippen LogP contribution in [0.5, 0.6) is 0 Å². The molecule has 1 saturated heterocycles. The maximum absolute atomic E-state index is 12.7. The molecule has 1 fully saturated rings. The number of nitrogens with zero attached hydrogens (tertiary/aromatic N) is 3. The summed E-state index contributed by atoms with van der Waals surface area (Å²) in [7, 11) is -3.58. The van der Waals surface area contributed by atoms with Gasteiger partial charge in [0.2, 0.25) is 15.9 Å². The first kappa shape index (κ1) is 22.8. The molecule has 2 aromatic rings. The van der Waals surface area contributed by atoms with Crippen LogP contribution in [-0.4, -0.2) is 60.7 Å². The molecule has 0 atom stereocenters. The maximum Gasteiger partial charge on any atom is 0.261 e. The summed E-state index contributed by atoms with van der Waals surface area (Å²) in [6.07, 6.45) is 0.760. The van der Waals surface area contributed by atoms with E-state index in [1.54, 1.807) is 61.5 Å². The molecule has 4 rings (SSSR count). The van der Waals surface area contributed by atoms with Crippen molar-refractivity contribution in [2.45, 2.75) is 24.7 Å². The van der Waals surface area contributed by atoms with Crippen LogP contribution < -0.4 is 5.43 Å². The molecular formula is C23H24N4O5S. The zero-order valence-electron chi connectivity index (χ0n) is 18.1. The third kappa shape index (κ3) is 4.57. The number of hydrazone groups is 1. The number of piperidine rings is 1. The van der Waals surface area contributed by atoms with Crippen LogP contribution in [0.1, 0.15) is 40.5 Å². The molecule has 0 saturated carbocycles. The molecule has 0 aromatic heterocycles. The van der Waals surface area contributed by atoms with Crippen LogP contribution >= 0.6 is 0 Å². The maximum atomic E-state index is 12.7. The Bertz CT molecular complexity index is 1180. The second-order valence-electron chi connectivity index (χ2n) is 8.06. The Hall–Kier alpha value is -3.37. The summed E-state index contributed by atoms with van der Waals surface area (Å²) in [5.74, 6) is -1.46. The molecule has 2 aliphatic heterocycles. The summed E-state index contributed by atoms with van der Waals surface area (Å²) < 4.78 is 26.8. The fourth-order valence-corrected chi connectivity index (χ4v) is 5.48. The van der Waals surface area contributed by atoms with E-state index in [1.807, 2.05) is 0 Å². The monoisotopic (exact) mass is 468 g/mol. The number of carbonyl (C=O) groups is 3. The highest BCUT2D eigenvalue weighted by molar-refractivity contribution is 7.89. The molecule has 0 unspecified atom stereocenters. The van der Waals surface area contributed by atoms with Crippen LogP contribution in [-0.2, 0) is 14.8 Å². The third-order valence-corrected chi connectivity index (χ3v) is 7.74. The first-order chi connectivity index (χ1) is 15.8. The van der Waals surface area contributed by atoms with Crippen molar-refractivity contribution in [3.8, 4) is 0 Å². The van der Waals surface area contributed by atoms with E-state index in [2.05, 4.69) is 10.5 Å². The summed E-state index contributed by atoms with van der Waals surface area (Å²) in [6, 6.07) is 14.8. The number of carbonyl (C=O) groups excluding carboxylic acids is 3. The largest absolute Gasteiger partial charge is 0.273 e. The number of nitrogens with one attached hydrogen (secondary N) is 1. The van der Waals surface area contributed by atoms with Crippen LogP contribution in [0.2, 0.25) is 0 Å². The van der Waals surface area contributed by atoms with Crippen LogP contribution in [0.4, 0.5) is 0 Å². The number of rotatable bonds is 6. The summed E-state index contributed by atoms with van der Waals surface area (Å²) in [6.45, 7) is 2.08. The average molecular weight is 469 g/mol. The lowest BCUT2D eigenvalue weighted by atomic mass is 9.98. The van der Waals surface area contributed by atoms with E-state index in [4.69, 9.17) is 0 Å². The number of imide groups is 1. The van der Waals surface area contributed by atoms with Crippen molar-refractivity contribution in [2.24, 2.45) is 11.0 Å². The van der Waals surface area contributed by atoms with E-state index in [1.165, 1.54) is 4.31 Å².